The van der Waals surface area contributed by atoms with Gasteiger partial charge in [0.2, 0.25) is 0 Å². The third kappa shape index (κ3) is 5.97. The van der Waals surface area contributed by atoms with Gasteiger partial charge in [-0.25, -0.2) is 0 Å². The fourth-order valence-electron chi connectivity index (χ4n) is 1.61. The molecule has 0 aromatic carbocycles. The van der Waals surface area contributed by atoms with Crippen LogP contribution < -0.4 is 5.32 Å². The van der Waals surface area contributed by atoms with E-state index in [4.69, 9.17) is 14.2 Å². The average molecular weight is 247 g/mol. The number of carbonyl (C=O) groups is 1. The maximum absolute atomic E-state index is 11.5. The van der Waals surface area contributed by atoms with E-state index in [2.05, 4.69) is 5.32 Å². The van der Waals surface area contributed by atoms with Gasteiger partial charge in [0.25, 0.3) is 0 Å². The van der Waals surface area contributed by atoms with E-state index in [0.717, 1.165) is 6.42 Å². The van der Waals surface area contributed by atoms with Gasteiger partial charge in [-0.05, 0) is 6.42 Å². The molecule has 0 aliphatic carbocycles. The lowest BCUT2D eigenvalue weighted by molar-refractivity contribution is -0.147. The highest BCUT2D eigenvalue weighted by molar-refractivity contribution is 5.76. The number of aliphatic hydroxyl groups is 1. The molecule has 1 fully saturated rings. The molecule has 1 aliphatic rings. The summed E-state index contributed by atoms with van der Waals surface area (Å²) in [7, 11) is 1.64. The van der Waals surface area contributed by atoms with E-state index < -0.39 is 6.10 Å². The molecule has 100 valence electrons. The SMILES string of the molecule is COCCCOCCOC(=O)[C@@H]1CC(O)CN1. The summed E-state index contributed by atoms with van der Waals surface area (Å²) in [6, 6.07) is -0.376. The number of hydrogen-bond acceptors (Lipinski definition) is 6. The van der Waals surface area contributed by atoms with Gasteiger partial charge in [-0.3, -0.25) is 4.79 Å². The number of nitrogens with one attached hydrogen (secondary N) is 1. The quantitative estimate of drug-likeness (QED) is 0.436. The predicted octanol–water partition coefficient (Wildman–Crippen LogP) is -0.694. The van der Waals surface area contributed by atoms with Crippen molar-refractivity contribution in [3.05, 3.63) is 0 Å². The first-order chi connectivity index (χ1) is 8.24. The highest BCUT2D eigenvalue weighted by Crippen LogP contribution is 2.07. The number of ether oxygens (including phenoxy) is 3. The molecule has 1 saturated heterocycles. The summed E-state index contributed by atoms with van der Waals surface area (Å²) in [4.78, 5) is 11.5. The normalized spacial score (nSPS) is 23.9. The summed E-state index contributed by atoms with van der Waals surface area (Å²) in [5.41, 5.74) is 0. The number of β-amino-alcohol motifs (C(OH)–C–C–N with tert-alkyl or cyclic N) is 1. The lowest BCUT2D eigenvalue weighted by Gasteiger charge is -2.10. The lowest BCUT2D eigenvalue weighted by Crippen LogP contribution is -2.33. The Labute approximate surface area is 101 Å². The molecule has 6 heteroatoms. The molecule has 0 aromatic heterocycles. The fraction of sp³-hybridized carbons (Fsp3) is 0.909. The minimum Gasteiger partial charge on any atom is -0.462 e. The van der Waals surface area contributed by atoms with Crippen LogP contribution in [0.3, 0.4) is 0 Å². The Morgan fingerprint density at radius 1 is 1.35 bits per heavy atom. The molecule has 0 saturated carbocycles. The zero-order valence-electron chi connectivity index (χ0n) is 10.2. The maximum Gasteiger partial charge on any atom is 0.323 e. The Kier molecular flexibility index (Phi) is 7.11. The number of carbonyl (C=O) groups excluding carboxylic acids is 1. The highest BCUT2D eigenvalue weighted by Gasteiger charge is 2.28. The summed E-state index contributed by atoms with van der Waals surface area (Å²) >= 11 is 0. The Bertz CT molecular complexity index is 224. The second-order valence-corrected chi connectivity index (χ2v) is 3.98. The van der Waals surface area contributed by atoms with Gasteiger partial charge in [0, 0.05) is 33.3 Å². The molecule has 0 bridgehead atoms. The Balaban J connectivity index is 1.93. The third-order valence-electron chi connectivity index (χ3n) is 2.50. The molecule has 1 rings (SSSR count). The van der Waals surface area contributed by atoms with Crippen molar-refractivity contribution in [1.82, 2.24) is 5.32 Å². The minimum absolute atomic E-state index is 0.250. The van der Waals surface area contributed by atoms with Crippen LogP contribution in [0.5, 0.6) is 0 Å². The van der Waals surface area contributed by atoms with Gasteiger partial charge in [0.1, 0.15) is 12.6 Å². The van der Waals surface area contributed by atoms with Crippen molar-refractivity contribution in [3.8, 4) is 0 Å². The van der Waals surface area contributed by atoms with Crippen molar-refractivity contribution in [1.29, 1.82) is 0 Å². The summed E-state index contributed by atoms with van der Waals surface area (Å²) in [5, 5.41) is 12.1. The van der Waals surface area contributed by atoms with Gasteiger partial charge in [-0.1, -0.05) is 0 Å². The molecular formula is C11H21NO5. The van der Waals surface area contributed by atoms with E-state index >= 15 is 0 Å². The molecule has 6 nitrogen and oxygen atoms in total. The number of aliphatic hydroxyl groups excluding tert-OH is 1. The van der Waals surface area contributed by atoms with Crippen LogP contribution in [-0.4, -0.2) is 63.3 Å². The molecule has 1 unspecified atom stereocenters. The van der Waals surface area contributed by atoms with Gasteiger partial charge in [-0.15, -0.1) is 0 Å². The van der Waals surface area contributed by atoms with Crippen molar-refractivity contribution in [2.24, 2.45) is 0 Å². The van der Waals surface area contributed by atoms with Crippen LogP contribution in [0.15, 0.2) is 0 Å². The molecule has 2 N–H and O–H groups in total. The topological polar surface area (TPSA) is 77.0 Å². The average Bonchev–Trinajstić information content (AvgIpc) is 2.74. The van der Waals surface area contributed by atoms with Crippen LogP contribution in [0.1, 0.15) is 12.8 Å². The second kappa shape index (κ2) is 8.41. The summed E-state index contributed by atoms with van der Waals surface area (Å²) in [5.74, 6) is -0.318. The first-order valence-corrected chi connectivity index (χ1v) is 5.89. The standard InChI is InChI=1S/C11H21NO5/c1-15-3-2-4-16-5-6-17-11(14)10-7-9(13)8-12-10/h9-10,12-13H,2-8H2,1H3/t9?,10-/m0/s1. The Hall–Kier alpha value is -0.690. The molecule has 0 radical (unpaired) electrons. The zero-order valence-corrected chi connectivity index (χ0v) is 10.2. The molecule has 0 amide bonds. The number of hydrogen-bond donors (Lipinski definition) is 2. The molecule has 2 atom stereocenters. The van der Waals surface area contributed by atoms with E-state index in [9.17, 15) is 9.90 Å². The largest absolute Gasteiger partial charge is 0.462 e. The molecule has 0 aromatic rings. The second-order valence-electron chi connectivity index (χ2n) is 3.98. The number of rotatable bonds is 8. The van der Waals surface area contributed by atoms with Crippen LogP contribution >= 0.6 is 0 Å². The van der Waals surface area contributed by atoms with Gasteiger partial charge < -0.3 is 24.6 Å². The highest BCUT2D eigenvalue weighted by atomic mass is 16.6. The van der Waals surface area contributed by atoms with Gasteiger partial charge >= 0.3 is 5.97 Å². The molecule has 17 heavy (non-hydrogen) atoms. The smallest absolute Gasteiger partial charge is 0.323 e. The zero-order chi connectivity index (χ0) is 12.5. The van der Waals surface area contributed by atoms with E-state index in [-0.39, 0.29) is 18.6 Å². The maximum atomic E-state index is 11.5. The van der Waals surface area contributed by atoms with Crippen LogP contribution in [0, 0.1) is 0 Å². The molecule has 0 spiro atoms. The van der Waals surface area contributed by atoms with Crippen molar-refractivity contribution in [2.75, 3.05) is 40.1 Å². The predicted molar refractivity (Wildman–Crippen MR) is 60.7 cm³/mol. The van der Waals surface area contributed by atoms with Crippen LogP contribution in [0.4, 0.5) is 0 Å². The van der Waals surface area contributed by atoms with Crippen LogP contribution in [0.2, 0.25) is 0 Å². The summed E-state index contributed by atoms with van der Waals surface area (Å²) in [6.45, 7) is 2.37. The Morgan fingerprint density at radius 3 is 2.82 bits per heavy atom. The third-order valence-corrected chi connectivity index (χ3v) is 2.50. The monoisotopic (exact) mass is 247 g/mol. The van der Waals surface area contributed by atoms with Crippen molar-refractivity contribution in [2.45, 2.75) is 25.0 Å². The van der Waals surface area contributed by atoms with E-state index in [0.29, 0.717) is 32.8 Å². The minimum atomic E-state index is -0.446. The van der Waals surface area contributed by atoms with E-state index in [1.165, 1.54) is 0 Å². The van der Waals surface area contributed by atoms with Crippen molar-refractivity contribution in [3.63, 3.8) is 0 Å². The van der Waals surface area contributed by atoms with Gasteiger partial charge in [0.15, 0.2) is 0 Å². The Morgan fingerprint density at radius 2 is 2.18 bits per heavy atom. The molecule has 1 aliphatic heterocycles. The van der Waals surface area contributed by atoms with Gasteiger partial charge in [-0.2, -0.15) is 0 Å². The molecular weight excluding hydrogens is 226 g/mol. The van der Waals surface area contributed by atoms with E-state index in [1.54, 1.807) is 7.11 Å². The molecule has 1 heterocycles. The number of methoxy groups -OCH3 is 1. The summed E-state index contributed by atoms with van der Waals surface area (Å²) < 4.78 is 15.1. The summed E-state index contributed by atoms with van der Waals surface area (Å²) in [6.07, 6.45) is 0.812. The van der Waals surface area contributed by atoms with Crippen LogP contribution in [0.25, 0.3) is 0 Å². The van der Waals surface area contributed by atoms with E-state index in [1.807, 2.05) is 0 Å². The number of esters is 1. The lowest BCUT2D eigenvalue weighted by atomic mass is 10.2. The van der Waals surface area contributed by atoms with Crippen molar-refractivity contribution >= 4 is 5.97 Å². The fourth-order valence-corrected chi connectivity index (χ4v) is 1.61. The first-order valence-electron chi connectivity index (χ1n) is 5.89. The first kappa shape index (κ1) is 14.4. The van der Waals surface area contributed by atoms with Gasteiger partial charge in [0.05, 0.1) is 12.7 Å². The van der Waals surface area contributed by atoms with Crippen molar-refractivity contribution < 1.29 is 24.1 Å². The van der Waals surface area contributed by atoms with Crippen LogP contribution in [-0.2, 0) is 19.0 Å².